The summed E-state index contributed by atoms with van der Waals surface area (Å²) in [5.74, 6) is -1.13. The van der Waals surface area contributed by atoms with Gasteiger partial charge in [0.1, 0.15) is 11.9 Å². The molecule has 11 heteroatoms. The van der Waals surface area contributed by atoms with Gasteiger partial charge in [-0.3, -0.25) is 9.88 Å². The fraction of sp³-hybridized carbons (Fsp3) is 0.292. The molecule has 0 saturated carbocycles. The molecule has 4 rings (SSSR count). The number of aromatic nitrogens is 2. The van der Waals surface area contributed by atoms with Crippen LogP contribution in [0.25, 0.3) is 11.1 Å². The first-order valence-corrected chi connectivity index (χ1v) is 10.8. The topological polar surface area (TPSA) is 119 Å². The van der Waals surface area contributed by atoms with E-state index in [-0.39, 0.29) is 24.5 Å². The number of hydrogen-bond donors (Lipinski definition) is 4. The van der Waals surface area contributed by atoms with Gasteiger partial charge in [-0.15, -0.1) is 0 Å². The lowest BCUT2D eigenvalue weighted by Crippen LogP contribution is -2.57. The number of hydrogen-bond acceptors (Lipinski definition) is 7. The number of aliphatic hydroxyl groups is 2. The molecule has 0 aliphatic carbocycles. The van der Waals surface area contributed by atoms with E-state index in [2.05, 4.69) is 15.3 Å². The second-order valence-corrected chi connectivity index (χ2v) is 8.37. The molecule has 2 heterocycles. The quantitative estimate of drug-likeness (QED) is 0.418. The molecule has 4 N–H and O–H groups in total. The fourth-order valence-corrected chi connectivity index (χ4v) is 3.99. The Balaban J connectivity index is 1.42. The van der Waals surface area contributed by atoms with Crippen LogP contribution in [0.4, 0.5) is 19.0 Å². The first-order valence-electron chi connectivity index (χ1n) is 10.8. The van der Waals surface area contributed by atoms with E-state index in [0.29, 0.717) is 12.7 Å². The molecule has 1 fully saturated rings. The van der Waals surface area contributed by atoms with Crippen molar-refractivity contribution in [1.29, 1.82) is 0 Å². The van der Waals surface area contributed by atoms with Crippen LogP contribution < -0.4 is 5.32 Å². The molecule has 0 radical (unpaired) electrons. The van der Waals surface area contributed by atoms with Crippen molar-refractivity contribution in [2.75, 3.05) is 18.4 Å². The molecular weight excluding hydrogens is 465 g/mol. The molecule has 1 aromatic heterocycles. The summed E-state index contributed by atoms with van der Waals surface area (Å²) in [6, 6.07) is 13.4. The van der Waals surface area contributed by atoms with Gasteiger partial charge in [0, 0.05) is 19.6 Å². The van der Waals surface area contributed by atoms with Crippen LogP contribution in [-0.2, 0) is 12.7 Å². The maximum Gasteiger partial charge on any atom is 0.434 e. The molecule has 0 bridgehead atoms. The Kier molecular flexibility index (Phi) is 7.01. The van der Waals surface area contributed by atoms with Crippen LogP contribution >= 0.6 is 0 Å². The van der Waals surface area contributed by atoms with Gasteiger partial charge in [-0.05, 0) is 28.8 Å². The minimum Gasteiger partial charge on any atom is -0.478 e. The van der Waals surface area contributed by atoms with Crippen molar-refractivity contribution in [2.24, 2.45) is 0 Å². The highest BCUT2D eigenvalue weighted by atomic mass is 19.4. The molecule has 2 aromatic carbocycles. The Morgan fingerprint density at radius 1 is 1.00 bits per heavy atom. The number of alkyl halides is 3. The fourth-order valence-electron chi connectivity index (χ4n) is 3.99. The summed E-state index contributed by atoms with van der Waals surface area (Å²) in [5, 5.41) is 32.5. The normalized spacial score (nSPS) is 21.0. The minimum atomic E-state index is -4.65. The lowest BCUT2D eigenvalue weighted by Gasteiger charge is -2.39. The Hall–Kier alpha value is -3.54. The Labute approximate surface area is 198 Å². The van der Waals surface area contributed by atoms with E-state index in [1.807, 2.05) is 29.2 Å². The van der Waals surface area contributed by atoms with E-state index < -0.39 is 36.1 Å². The van der Waals surface area contributed by atoms with Gasteiger partial charge in [0.2, 0.25) is 0 Å². The smallest absolute Gasteiger partial charge is 0.434 e. The van der Waals surface area contributed by atoms with Gasteiger partial charge >= 0.3 is 12.1 Å². The molecule has 184 valence electrons. The van der Waals surface area contributed by atoms with Gasteiger partial charge in [0.25, 0.3) is 0 Å². The number of likely N-dealkylation sites (tertiary alicyclic amines) is 1. The third-order valence-corrected chi connectivity index (χ3v) is 5.79. The van der Waals surface area contributed by atoms with Crippen molar-refractivity contribution in [3.8, 4) is 11.1 Å². The highest BCUT2D eigenvalue weighted by molar-refractivity contribution is 5.88. The van der Waals surface area contributed by atoms with Crippen molar-refractivity contribution < 1.29 is 33.3 Å². The van der Waals surface area contributed by atoms with E-state index in [1.54, 1.807) is 12.1 Å². The van der Waals surface area contributed by atoms with Crippen molar-refractivity contribution in [2.45, 2.75) is 31.0 Å². The van der Waals surface area contributed by atoms with Crippen LogP contribution in [0.2, 0.25) is 0 Å². The predicted molar refractivity (Wildman–Crippen MR) is 121 cm³/mol. The first-order chi connectivity index (χ1) is 16.6. The largest absolute Gasteiger partial charge is 0.478 e. The summed E-state index contributed by atoms with van der Waals surface area (Å²) in [7, 11) is 0. The number of nitrogens with one attached hydrogen (secondary N) is 1. The number of benzene rings is 2. The van der Waals surface area contributed by atoms with Crippen LogP contribution in [0.1, 0.15) is 21.6 Å². The number of carbonyl (C=O) groups is 1. The standard InChI is InChI=1S/C24H23F3N4O4/c25-24(26,27)20-9-28-10-21(30-20)29-18-12-31(13-19(32)22(18)33)11-14-1-3-15(4-2-14)16-5-7-17(8-6-16)23(34)35/h1-10,18-19,22,32-33H,11-13H2,(H,29,30)(H,34,35)/t18-,19-,22+/m0/s1. The van der Waals surface area contributed by atoms with Crippen LogP contribution in [0.5, 0.6) is 0 Å². The number of anilines is 1. The van der Waals surface area contributed by atoms with Crippen LogP contribution in [-0.4, -0.2) is 67.5 Å². The molecular formula is C24H23F3N4O4. The number of carboxylic acid groups (broad SMARTS) is 1. The van der Waals surface area contributed by atoms with Gasteiger partial charge in [0.15, 0.2) is 5.69 Å². The van der Waals surface area contributed by atoms with E-state index >= 15 is 0 Å². The number of halogens is 3. The highest BCUT2D eigenvalue weighted by Crippen LogP contribution is 2.28. The Morgan fingerprint density at radius 2 is 1.63 bits per heavy atom. The number of rotatable bonds is 6. The number of carboxylic acids is 1. The SMILES string of the molecule is O=C(O)c1ccc(-c2ccc(CN3C[C@H](Nc4cncc(C(F)(F)F)n4)[C@@H](O)[C@@H](O)C3)cc2)cc1. The monoisotopic (exact) mass is 488 g/mol. The highest BCUT2D eigenvalue weighted by Gasteiger charge is 2.36. The van der Waals surface area contributed by atoms with E-state index in [0.717, 1.165) is 22.9 Å². The molecule has 0 unspecified atom stereocenters. The summed E-state index contributed by atoms with van der Waals surface area (Å²) >= 11 is 0. The van der Waals surface area contributed by atoms with Crippen molar-refractivity contribution in [1.82, 2.24) is 14.9 Å². The molecule has 0 amide bonds. The lowest BCUT2D eigenvalue weighted by molar-refractivity contribution is -0.141. The summed E-state index contributed by atoms with van der Waals surface area (Å²) in [5.41, 5.74) is 1.75. The second-order valence-electron chi connectivity index (χ2n) is 8.37. The lowest BCUT2D eigenvalue weighted by atomic mass is 9.98. The van der Waals surface area contributed by atoms with E-state index in [4.69, 9.17) is 5.11 Å². The number of aromatic carboxylic acids is 1. The zero-order valence-corrected chi connectivity index (χ0v) is 18.4. The number of β-amino-alcohol motifs (C(OH)–C–C–N with tert-alkyl or cyclic N) is 1. The number of piperidine rings is 1. The Bertz CT molecular complexity index is 1170. The van der Waals surface area contributed by atoms with Crippen molar-refractivity contribution in [3.63, 3.8) is 0 Å². The molecule has 3 aromatic rings. The third kappa shape index (κ3) is 5.94. The third-order valence-electron chi connectivity index (χ3n) is 5.79. The minimum absolute atomic E-state index is 0.142. The predicted octanol–water partition coefficient (Wildman–Crippen LogP) is 2.88. The van der Waals surface area contributed by atoms with Crippen molar-refractivity contribution in [3.05, 3.63) is 77.7 Å². The zero-order valence-electron chi connectivity index (χ0n) is 18.4. The molecule has 1 saturated heterocycles. The van der Waals surface area contributed by atoms with E-state index in [1.165, 1.54) is 12.1 Å². The molecule has 35 heavy (non-hydrogen) atoms. The number of nitrogens with zero attached hydrogens (tertiary/aromatic N) is 3. The summed E-state index contributed by atoms with van der Waals surface area (Å²) in [4.78, 5) is 20.0. The molecule has 1 aliphatic heterocycles. The molecule has 8 nitrogen and oxygen atoms in total. The molecule has 1 aliphatic rings. The second kappa shape index (κ2) is 9.98. The van der Waals surface area contributed by atoms with E-state index in [9.17, 15) is 28.2 Å². The maximum atomic E-state index is 12.9. The summed E-state index contributed by atoms with van der Waals surface area (Å²) < 4.78 is 38.8. The van der Waals surface area contributed by atoms with Gasteiger partial charge in [-0.2, -0.15) is 13.2 Å². The van der Waals surface area contributed by atoms with Crippen LogP contribution in [0, 0.1) is 0 Å². The summed E-state index contributed by atoms with van der Waals surface area (Å²) in [6.45, 7) is 0.884. The summed E-state index contributed by atoms with van der Waals surface area (Å²) in [6.07, 6.45) is -5.19. The van der Waals surface area contributed by atoms with Gasteiger partial charge in [-0.25, -0.2) is 9.78 Å². The van der Waals surface area contributed by atoms with Crippen LogP contribution in [0.15, 0.2) is 60.9 Å². The maximum absolute atomic E-state index is 12.9. The van der Waals surface area contributed by atoms with Crippen molar-refractivity contribution >= 4 is 11.8 Å². The van der Waals surface area contributed by atoms with Gasteiger partial charge in [-0.1, -0.05) is 36.4 Å². The van der Waals surface area contributed by atoms with Gasteiger partial charge in [0.05, 0.1) is 30.1 Å². The molecule has 0 spiro atoms. The molecule has 3 atom stereocenters. The Morgan fingerprint density at radius 3 is 2.23 bits per heavy atom. The van der Waals surface area contributed by atoms with Crippen LogP contribution in [0.3, 0.4) is 0 Å². The average Bonchev–Trinajstić information content (AvgIpc) is 2.82. The average molecular weight is 488 g/mol. The van der Waals surface area contributed by atoms with Gasteiger partial charge < -0.3 is 20.6 Å². The number of aliphatic hydroxyl groups excluding tert-OH is 2. The zero-order chi connectivity index (χ0) is 25.2. The first kappa shape index (κ1) is 24.6.